The summed E-state index contributed by atoms with van der Waals surface area (Å²) in [6.07, 6.45) is 4.73. The van der Waals surface area contributed by atoms with Crippen LogP contribution in [0.3, 0.4) is 0 Å². The Morgan fingerprint density at radius 1 is 1.40 bits per heavy atom. The average Bonchev–Trinajstić information content (AvgIpc) is 2.52. The molecular formula is C11H18ClNO2. The number of nitrogens with one attached hydrogen (secondary N) is 1. The third-order valence-electron chi connectivity index (χ3n) is 3.43. The van der Waals surface area contributed by atoms with Crippen LogP contribution < -0.4 is 5.32 Å². The Kier molecular flexibility index (Phi) is 3.52. The summed E-state index contributed by atoms with van der Waals surface area (Å²) in [5, 5.41) is 2.54. The summed E-state index contributed by atoms with van der Waals surface area (Å²) >= 11 is 5.74. The van der Waals surface area contributed by atoms with E-state index in [2.05, 4.69) is 5.32 Å². The van der Waals surface area contributed by atoms with E-state index in [1.165, 1.54) is 6.42 Å². The van der Waals surface area contributed by atoms with Crippen LogP contribution in [0.5, 0.6) is 0 Å². The molecule has 0 spiro atoms. The van der Waals surface area contributed by atoms with Crippen molar-refractivity contribution >= 4 is 17.5 Å². The van der Waals surface area contributed by atoms with Gasteiger partial charge in [0.05, 0.1) is 12.1 Å². The minimum Gasteiger partial charge on any atom is -0.376 e. The quantitative estimate of drug-likeness (QED) is 0.735. The highest BCUT2D eigenvalue weighted by Gasteiger charge is 2.34. The third kappa shape index (κ3) is 2.64. The van der Waals surface area contributed by atoms with Crippen LogP contribution in [0.1, 0.15) is 32.6 Å². The predicted molar refractivity (Wildman–Crippen MR) is 58.9 cm³/mol. The Bertz CT molecular complexity index is 237. The van der Waals surface area contributed by atoms with Crippen LogP contribution in [-0.4, -0.2) is 30.0 Å². The van der Waals surface area contributed by atoms with Crippen molar-refractivity contribution in [3.05, 3.63) is 0 Å². The Hall–Kier alpha value is -0.280. The van der Waals surface area contributed by atoms with Gasteiger partial charge in [0, 0.05) is 6.61 Å². The fourth-order valence-corrected chi connectivity index (χ4v) is 2.50. The lowest BCUT2D eigenvalue weighted by atomic mass is 10.00. The van der Waals surface area contributed by atoms with Crippen LogP contribution in [0.2, 0.25) is 0 Å². The lowest BCUT2D eigenvalue weighted by Crippen LogP contribution is -2.46. The molecule has 15 heavy (non-hydrogen) atoms. The topological polar surface area (TPSA) is 38.3 Å². The van der Waals surface area contributed by atoms with E-state index in [9.17, 15) is 4.79 Å². The Morgan fingerprint density at radius 2 is 2.13 bits per heavy atom. The van der Waals surface area contributed by atoms with Crippen molar-refractivity contribution in [1.82, 2.24) is 5.32 Å². The molecular weight excluding hydrogens is 214 g/mol. The van der Waals surface area contributed by atoms with E-state index in [4.69, 9.17) is 16.3 Å². The summed E-state index contributed by atoms with van der Waals surface area (Å²) in [5.41, 5.74) is 0. The Morgan fingerprint density at radius 3 is 2.73 bits per heavy atom. The number of halogens is 1. The molecule has 1 aliphatic carbocycles. The minimum absolute atomic E-state index is 0.0735. The molecule has 0 aromatic rings. The SMILES string of the molecule is CC(Cl)C(=O)NC1CCC2CCC1OC2. The molecule has 3 fully saturated rings. The molecule has 2 saturated heterocycles. The first-order valence-electron chi connectivity index (χ1n) is 5.73. The van der Waals surface area contributed by atoms with Gasteiger partial charge in [-0.3, -0.25) is 4.79 Å². The van der Waals surface area contributed by atoms with E-state index in [0.717, 1.165) is 25.9 Å². The molecule has 4 atom stereocenters. The number of carbonyl (C=O) groups is 1. The van der Waals surface area contributed by atoms with Gasteiger partial charge in [-0.2, -0.15) is 0 Å². The number of fused-ring (bicyclic) bond motifs is 4. The van der Waals surface area contributed by atoms with E-state index in [-0.39, 0.29) is 18.1 Å². The van der Waals surface area contributed by atoms with Crippen molar-refractivity contribution in [1.29, 1.82) is 0 Å². The van der Waals surface area contributed by atoms with Crippen molar-refractivity contribution in [2.45, 2.75) is 50.1 Å². The van der Waals surface area contributed by atoms with Gasteiger partial charge in [-0.05, 0) is 38.5 Å². The lowest BCUT2D eigenvalue weighted by molar-refractivity contribution is -0.122. The van der Waals surface area contributed by atoms with E-state index in [1.54, 1.807) is 6.92 Å². The maximum absolute atomic E-state index is 11.5. The first kappa shape index (κ1) is 11.2. The third-order valence-corrected chi connectivity index (χ3v) is 3.63. The summed E-state index contributed by atoms with van der Waals surface area (Å²) in [5.74, 6) is 0.632. The Balaban J connectivity index is 1.94. The van der Waals surface area contributed by atoms with E-state index < -0.39 is 5.38 Å². The molecule has 4 heteroatoms. The fourth-order valence-electron chi connectivity index (χ4n) is 2.44. The summed E-state index contributed by atoms with van der Waals surface area (Å²) < 4.78 is 5.74. The molecule has 3 aliphatic rings. The van der Waals surface area contributed by atoms with Gasteiger partial charge in [0.15, 0.2) is 0 Å². The standard InChI is InChI=1S/C11H18ClNO2/c1-7(12)11(14)13-9-4-2-8-3-5-10(9)15-6-8/h7-10H,2-6H2,1H3,(H,13,14). The van der Waals surface area contributed by atoms with Gasteiger partial charge in [-0.15, -0.1) is 11.6 Å². The molecule has 2 aliphatic heterocycles. The van der Waals surface area contributed by atoms with Crippen LogP contribution >= 0.6 is 11.6 Å². The minimum atomic E-state index is -0.453. The fraction of sp³-hybridized carbons (Fsp3) is 0.909. The van der Waals surface area contributed by atoms with Gasteiger partial charge in [0.25, 0.3) is 0 Å². The molecule has 2 heterocycles. The number of carbonyl (C=O) groups excluding carboxylic acids is 1. The predicted octanol–water partition coefficient (Wildman–Crippen LogP) is 1.69. The van der Waals surface area contributed by atoms with Crippen molar-refractivity contribution in [3.63, 3.8) is 0 Å². The monoisotopic (exact) mass is 231 g/mol. The Labute approximate surface area is 95.5 Å². The van der Waals surface area contributed by atoms with E-state index in [0.29, 0.717) is 5.92 Å². The summed E-state index contributed by atoms with van der Waals surface area (Å²) in [6.45, 7) is 2.57. The molecule has 4 unspecified atom stereocenters. The summed E-state index contributed by atoms with van der Waals surface area (Å²) in [6, 6.07) is 0.172. The number of amides is 1. The van der Waals surface area contributed by atoms with Crippen LogP contribution in [0.25, 0.3) is 0 Å². The maximum atomic E-state index is 11.5. The molecule has 86 valence electrons. The van der Waals surface area contributed by atoms with Crippen LogP contribution in [0.15, 0.2) is 0 Å². The normalized spacial score (nSPS) is 37.1. The van der Waals surface area contributed by atoms with Crippen molar-refractivity contribution in [3.8, 4) is 0 Å². The zero-order valence-corrected chi connectivity index (χ0v) is 9.80. The number of alkyl halides is 1. The first-order chi connectivity index (χ1) is 7.16. The molecule has 1 amide bonds. The van der Waals surface area contributed by atoms with Crippen LogP contribution in [0.4, 0.5) is 0 Å². The summed E-state index contributed by atoms with van der Waals surface area (Å²) in [7, 11) is 0. The second kappa shape index (κ2) is 4.71. The van der Waals surface area contributed by atoms with Crippen molar-refractivity contribution in [2.24, 2.45) is 5.92 Å². The highest BCUT2D eigenvalue weighted by molar-refractivity contribution is 6.30. The van der Waals surface area contributed by atoms with Gasteiger partial charge in [-0.1, -0.05) is 0 Å². The smallest absolute Gasteiger partial charge is 0.238 e. The van der Waals surface area contributed by atoms with Crippen LogP contribution in [-0.2, 0) is 9.53 Å². The highest BCUT2D eigenvalue weighted by Crippen LogP contribution is 2.31. The molecule has 0 aromatic heterocycles. The van der Waals surface area contributed by atoms with Crippen LogP contribution in [0, 0.1) is 5.92 Å². The van der Waals surface area contributed by atoms with Crippen molar-refractivity contribution in [2.75, 3.05) is 6.61 Å². The van der Waals surface area contributed by atoms with Gasteiger partial charge < -0.3 is 10.1 Å². The average molecular weight is 232 g/mol. The number of rotatable bonds is 2. The molecule has 3 nitrogen and oxygen atoms in total. The molecule has 3 rings (SSSR count). The molecule has 1 N–H and O–H groups in total. The molecule has 2 bridgehead atoms. The zero-order chi connectivity index (χ0) is 10.8. The largest absolute Gasteiger partial charge is 0.376 e. The number of hydrogen-bond donors (Lipinski definition) is 1. The second-order valence-electron chi connectivity index (χ2n) is 4.62. The number of hydrogen-bond acceptors (Lipinski definition) is 2. The maximum Gasteiger partial charge on any atom is 0.238 e. The zero-order valence-electron chi connectivity index (χ0n) is 9.04. The highest BCUT2D eigenvalue weighted by atomic mass is 35.5. The summed E-state index contributed by atoms with van der Waals surface area (Å²) in [4.78, 5) is 11.5. The van der Waals surface area contributed by atoms with E-state index in [1.807, 2.05) is 0 Å². The lowest BCUT2D eigenvalue weighted by Gasteiger charge is -2.28. The van der Waals surface area contributed by atoms with Gasteiger partial charge in [-0.25, -0.2) is 0 Å². The van der Waals surface area contributed by atoms with Gasteiger partial charge in [0.2, 0.25) is 5.91 Å². The molecule has 0 aromatic carbocycles. The molecule has 0 radical (unpaired) electrons. The second-order valence-corrected chi connectivity index (χ2v) is 5.28. The van der Waals surface area contributed by atoms with Gasteiger partial charge >= 0.3 is 0 Å². The first-order valence-corrected chi connectivity index (χ1v) is 6.16. The molecule has 1 saturated carbocycles. The van der Waals surface area contributed by atoms with E-state index >= 15 is 0 Å². The van der Waals surface area contributed by atoms with Crippen molar-refractivity contribution < 1.29 is 9.53 Å². The number of ether oxygens (including phenoxy) is 1. The van der Waals surface area contributed by atoms with Gasteiger partial charge in [0.1, 0.15) is 5.38 Å².